The molecule has 2 aliphatic heterocycles. The number of likely N-dealkylation sites (tertiary alicyclic amines) is 1. The molecule has 0 aliphatic carbocycles. The molecule has 2 fully saturated rings. The van der Waals surface area contributed by atoms with Gasteiger partial charge >= 0.3 is 0 Å². The average molecular weight is 449 g/mol. The molecule has 1 aromatic carbocycles. The summed E-state index contributed by atoms with van der Waals surface area (Å²) in [5.41, 5.74) is 5.23. The molecular formula is C25H29FN6O. The summed E-state index contributed by atoms with van der Waals surface area (Å²) in [6.45, 7) is 8.08. The van der Waals surface area contributed by atoms with Crippen molar-refractivity contribution in [1.29, 1.82) is 0 Å². The van der Waals surface area contributed by atoms with Gasteiger partial charge in [0, 0.05) is 18.7 Å². The molecule has 33 heavy (non-hydrogen) atoms. The van der Waals surface area contributed by atoms with E-state index in [1.54, 1.807) is 4.52 Å². The summed E-state index contributed by atoms with van der Waals surface area (Å²) in [4.78, 5) is 13.6. The Bertz CT molecular complexity index is 1340. The fourth-order valence-corrected chi connectivity index (χ4v) is 5.41. The van der Waals surface area contributed by atoms with E-state index in [0.717, 1.165) is 42.8 Å². The van der Waals surface area contributed by atoms with E-state index in [1.807, 2.05) is 32.2 Å². The molecule has 0 bridgehead atoms. The maximum Gasteiger partial charge on any atom is 0.298 e. The van der Waals surface area contributed by atoms with Crippen molar-refractivity contribution in [2.45, 2.75) is 39.5 Å². The third-order valence-corrected chi connectivity index (χ3v) is 7.61. The largest absolute Gasteiger partial charge is 0.423 e. The van der Waals surface area contributed by atoms with Gasteiger partial charge in [-0.05, 0) is 88.8 Å². The van der Waals surface area contributed by atoms with E-state index in [-0.39, 0.29) is 11.3 Å². The number of imidazole rings is 1. The number of anilines is 1. The highest BCUT2D eigenvalue weighted by atomic mass is 19.1. The Morgan fingerprint density at radius 3 is 2.45 bits per heavy atom. The molecule has 0 radical (unpaired) electrons. The Kier molecular flexibility index (Phi) is 4.69. The molecule has 6 rings (SSSR count). The van der Waals surface area contributed by atoms with Gasteiger partial charge < -0.3 is 14.2 Å². The van der Waals surface area contributed by atoms with Crippen LogP contribution in [0.5, 0.6) is 0 Å². The predicted octanol–water partition coefficient (Wildman–Crippen LogP) is 4.61. The van der Waals surface area contributed by atoms with Crippen LogP contribution in [0.4, 0.5) is 10.4 Å². The third-order valence-electron chi connectivity index (χ3n) is 7.61. The lowest BCUT2D eigenvalue weighted by Gasteiger charge is -2.45. The fourth-order valence-electron chi connectivity index (χ4n) is 5.41. The molecule has 2 aliphatic rings. The van der Waals surface area contributed by atoms with Crippen LogP contribution in [0.2, 0.25) is 0 Å². The molecule has 5 heterocycles. The lowest BCUT2D eigenvalue weighted by Crippen LogP contribution is -2.46. The summed E-state index contributed by atoms with van der Waals surface area (Å²) < 4.78 is 22.9. The van der Waals surface area contributed by atoms with Crippen molar-refractivity contribution >= 4 is 22.8 Å². The minimum atomic E-state index is -0.386. The molecule has 172 valence electrons. The fraction of sp³-hybridized carbons (Fsp3) is 0.480. The Morgan fingerprint density at radius 2 is 1.70 bits per heavy atom. The predicted molar refractivity (Wildman–Crippen MR) is 126 cm³/mol. The SMILES string of the molecule is Cc1cn2nc(-c3cc(F)c4nc(N5CCC6(CCN(C)CC6)CC5)oc4c3)cc(C)c2n1. The van der Waals surface area contributed by atoms with Gasteiger partial charge in [0.1, 0.15) is 5.52 Å². The van der Waals surface area contributed by atoms with E-state index in [1.165, 1.54) is 32.0 Å². The van der Waals surface area contributed by atoms with Gasteiger partial charge in [-0.2, -0.15) is 10.1 Å². The summed E-state index contributed by atoms with van der Waals surface area (Å²) in [5.74, 6) is -0.386. The number of benzene rings is 1. The number of oxazole rings is 1. The zero-order chi connectivity index (χ0) is 22.7. The van der Waals surface area contributed by atoms with Crippen molar-refractivity contribution in [2.75, 3.05) is 38.1 Å². The molecule has 0 atom stereocenters. The smallest absolute Gasteiger partial charge is 0.298 e. The van der Waals surface area contributed by atoms with E-state index >= 15 is 4.39 Å². The molecule has 3 aromatic heterocycles. The number of fused-ring (bicyclic) bond motifs is 2. The minimum absolute atomic E-state index is 0.282. The Morgan fingerprint density at radius 1 is 0.970 bits per heavy atom. The lowest BCUT2D eigenvalue weighted by atomic mass is 9.71. The zero-order valence-electron chi connectivity index (χ0n) is 19.4. The standard InChI is InChI=1S/C25H29FN6O/c1-16-12-20(29-32-15-17(2)27-23(16)32)18-13-19(26)22-21(14-18)33-24(28-22)31-10-6-25(7-11-31)4-8-30(3)9-5-25/h12-15H,4-11H2,1-3H3. The van der Waals surface area contributed by atoms with E-state index in [0.29, 0.717) is 28.3 Å². The summed E-state index contributed by atoms with van der Waals surface area (Å²) in [6.07, 6.45) is 6.68. The number of aryl methyl sites for hydroxylation is 2. The molecule has 7 nitrogen and oxygen atoms in total. The van der Waals surface area contributed by atoms with Crippen LogP contribution in [0.25, 0.3) is 28.0 Å². The van der Waals surface area contributed by atoms with Gasteiger partial charge in [-0.15, -0.1) is 0 Å². The molecule has 1 spiro atoms. The van der Waals surface area contributed by atoms with Crippen molar-refractivity contribution in [3.63, 3.8) is 0 Å². The van der Waals surface area contributed by atoms with Gasteiger partial charge in [0.25, 0.3) is 6.01 Å². The summed E-state index contributed by atoms with van der Waals surface area (Å²) >= 11 is 0. The van der Waals surface area contributed by atoms with Crippen molar-refractivity contribution in [3.05, 3.63) is 41.5 Å². The van der Waals surface area contributed by atoms with Crippen LogP contribution in [0.15, 0.2) is 28.8 Å². The van der Waals surface area contributed by atoms with Crippen LogP contribution in [0.1, 0.15) is 36.9 Å². The number of nitrogens with zero attached hydrogens (tertiary/aromatic N) is 6. The number of hydrogen-bond acceptors (Lipinski definition) is 6. The van der Waals surface area contributed by atoms with Crippen LogP contribution in [0, 0.1) is 25.1 Å². The number of aromatic nitrogens is 4. The van der Waals surface area contributed by atoms with Crippen molar-refractivity contribution in [2.24, 2.45) is 5.41 Å². The first kappa shape index (κ1) is 20.6. The van der Waals surface area contributed by atoms with E-state index in [4.69, 9.17) is 4.42 Å². The zero-order valence-corrected chi connectivity index (χ0v) is 19.4. The van der Waals surface area contributed by atoms with E-state index in [2.05, 4.69) is 31.9 Å². The number of piperidine rings is 2. The van der Waals surface area contributed by atoms with Crippen molar-refractivity contribution < 1.29 is 8.81 Å². The third kappa shape index (κ3) is 3.57. The molecule has 0 N–H and O–H groups in total. The molecule has 0 saturated carbocycles. The van der Waals surface area contributed by atoms with Gasteiger partial charge in [0.05, 0.1) is 17.6 Å². The first-order chi connectivity index (χ1) is 15.9. The summed E-state index contributed by atoms with van der Waals surface area (Å²) in [5, 5.41) is 4.64. The Balaban J connectivity index is 1.29. The van der Waals surface area contributed by atoms with Crippen LogP contribution in [-0.4, -0.2) is 57.7 Å². The minimum Gasteiger partial charge on any atom is -0.423 e. The second kappa shape index (κ2) is 7.52. The Labute approximate surface area is 192 Å². The van der Waals surface area contributed by atoms with Crippen LogP contribution >= 0.6 is 0 Å². The molecule has 2 saturated heterocycles. The second-order valence-corrected chi connectivity index (χ2v) is 9.95. The van der Waals surface area contributed by atoms with Gasteiger partial charge in [0.15, 0.2) is 17.0 Å². The average Bonchev–Trinajstić information content (AvgIpc) is 3.40. The maximum absolute atomic E-state index is 15.1. The molecular weight excluding hydrogens is 419 g/mol. The first-order valence-corrected chi connectivity index (χ1v) is 11.8. The summed E-state index contributed by atoms with van der Waals surface area (Å²) in [6, 6.07) is 5.80. The van der Waals surface area contributed by atoms with E-state index in [9.17, 15) is 0 Å². The maximum atomic E-state index is 15.1. The normalized spacial score (nSPS) is 19.2. The van der Waals surface area contributed by atoms with Gasteiger partial charge in [-0.1, -0.05) is 0 Å². The topological polar surface area (TPSA) is 62.7 Å². The Hall–Kier alpha value is -3.00. The van der Waals surface area contributed by atoms with Gasteiger partial charge in [0.2, 0.25) is 0 Å². The number of halogens is 1. The molecule has 0 amide bonds. The lowest BCUT2D eigenvalue weighted by molar-refractivity contribution is 0.0934. The highest BCUT2D eigenvalue weighted by Crippen LogP contribution is 2.42. The number of hydrogen-bond donors (Lipinski definition) is 0. The van der Waals surface area contributed by atoms with Gasteiger partial charge in [-0.25, -0.2) is 13.9 Å². The number of rotatable bonds is 2. The molecule has 8 heteroatoms. The monoisotopic (exact) mass is 448 g/mol. The molecule has 4 aromatic rings. The highest BCUT2D eigenvalue weighted by Gasteiger charge is 2.37. The second-order valence-electron chi connectivity index (χ2n) is 9.95. The quantitative estimate of drug-likeness (QED) is 0.446. The van der Waals surface area contributed by atoms with Gasteiger partial charge in [-0.3, -0.25) is 0 Å². The van der Waals surface area contributed by atoms with Crippen LogP contribution in [-0.2, 0) is 0 Å². The molecule has 0 unspecified atom stereocenters. The summed E-state index contributed by atoms with van der Waals surface area (Å²) in [7, 11) is 2.20. The van der Waals surface area contributed by atoms with Crippen LogP contribution < -0.4 is 4.90 Å². The first-order valence-electron chi connectivity index (χ1n) is 11.8. The van der Waals surface area contributed by atoms with Crippen molar-refractivity contribution in [1.82, 2.24) is 24.5 Å². The van der Waals surface area contributed by atoms with Crippen molar-refractivity contribution in [3.8, 4) is 11.3 Å². The highest BCUT2D eigenvalue weighted by molar-refractivity contribution is 5.81. The van der Waals surface area contributed by atoms with E-state index < -0.39 is 0 Å². The van der Waals surface area contributed by atoms with Crippen LogP contribution in [0.3, 0.4) is 0 Å².